The lowest BCUT2D eigenvalue weighted by molar-refractivity contribution is -0.119. The third-order valence-electron chi connectivity index (χ3n) is 4.12. The largest absolute Gasteiger partial charge is 0.497 e. The van der Waals surface area contributed by atoms with Crippen LogP contribution in [0.25, 0.3) is 4.96 Å². The van der Waals surface area contributed by atoms with Crippen LogP contribution in [0, 0.1) is 0 Å². The van der Waals surface area contributed by atoms with E-state index >= 15 is 0 Å². The lowest BCUT2D eigenvalue weighted by Gasteiger charge is -2.14. The van der Waals surface area contributed by atoms with Crippen LogP contribution in [0.2, 0.25) is 0 Å². The summed E-state index contributed by atoms with van der Waals surface area (Å²) in [6, 6.07) is 9.05. The van der Waals surface area contributed by atoms with Crippen LogP contribution in [0.15, 0.2) is 35.1 Å². The first-order chi connectivity index (χ1) is 13.5. The van der Waals surface area contributed by atoms with Crippen LogP contribution < -0.4 is 20.5 Å². The number of amides is 1. The number of aryl methyl sites for hydroxylation is 1. The van der Waals surface area contributed by atoms with Crippen LogP contribution in [-0.2, 0) is 17.8 Å². The molecule has 148 valence electrons. The van der Waals surface area contributed by atoms with E-state index in [9.17, 15) is 9.59 Å². The maximum Gasteiger partial charge on any atom is 0.275 e. The van der Waals surface area contributed by atoms with E-state index in [1.807, 2.05) is 31.2 Å². The zero-order chi connectivity index (χ0) is 20.1. The summed E-state index contributed by atoms with van der Waals surface area (Å²) < 4.78 is 6.47. The average Bonchev–Trinajstić information content (AvgIpc) is 3.12. The third kappa shape index (κ3) is 4.66. The highest BCUT2D eigenvalue weighted by Gasteiger charge is 2.14. The van der Waals surface area contributed by atoms with Crippen molar-refractivity contribution in [3.05, 3.63) is 51.9 Å². The summed E-state index contributed by atoms with van der Waals surface area (Å²) in [5.74, 6) is 0.607. The van der Waals surface area contributed by atoms with Gasteiger partial charge < -0.3 is 15.0 Å². The van der Waals surface area contributed by atoms with Crippen molar-refractivity contribution in [3.8, 4) is 5.75 Å². The first-order valence-electron chi connectivity index (χ1n) is 9.00. The molecule has 0 fully saturated rings. The van der Waals surface area contributed by atoms with Crippen LogP contribution in [-0.4, -0.2) is 41.2 Å². The second-order valence-electron chi connectivity index (χ2n) is 6.40. The van der Waals surface area contributed by atoms with Gasteiger partial charge in [0.15, 0.2) is 0 Å². The molecule has 28 heavy (non-hydrogen) atoms. The number of carbonyl (C=O) groups is 1. The molecular weight excluding hydrogens is 378 g/mol. The number of nitrogens with one attached hydrogen (secondary N) is 1. The van der Waals surface area contributed by atoms with Gasteiger partial charge >= 0.3 is 0 Å². The molecule has 0 bridgehead atoms. The van der Waals surface area contributed by atoms with Gasteiger partial charge in [-0.05, 0) is 24.1 Å². The van der Waals surface area contributed by atoms with Crippen molar-refractivity contribution in [1.82, 2.24) is 19.9 Å². The van der Waals surface area contributed by atoms with E-state index < -0.39 is 0 Å². The summed E-state index contributed by atoms with van der Waals surface area (Å²) >= 11 is 1.29. The molecule has 0 unspecified atom stereocenters. The quantitative estimate of drug-likeness (QED) is 0.620. The third-order valence-corrected chi connectivity index (χ3v) is 5.15. The van der Waals surface area contributed by atoms with Crippen LogP contribution >= 0.6 is 11.3 Å². The number of anilines is 1. The molecule has 3 rings (SSSR count). The minimum Gasteiger partial charge on any atom is -0.497 e. The number of rotatable bonds is 8. The normalized spacial score (nSPS) is 10.8. The standard InChI is InChI=1S/C19H23N5O3S/c1-4-6-14-10-17(26)24-18(21-14)28-19(22-24)23(2)12-16(25)20-11-13-7-5-8-15(9-13)27-3/h5,7-10H,4,6,11-12H2,1-3H3,(H,20,25). The number of ether oxygens (including phenoxy) is 1. The van der Waals surface area contributed by atoms with E-state index in [2.05, 4.69) is 15.4 Å². The van der Waals surface area contributed by atoms with Crippen molar-refractivity contribution < 1.29 is 9.53 Å². The van der Waals surface area contributed by atoms with Crippen LogP contribution in [0.4, 0.5) is 5.13 Å². The SMILES string of the molecule is CCCc1cc(=O)n2nc(N(C)CC(=O)NCc3cccc(OC)c3)sc2n1. The monoisotopic (exact) mass is 401 g/mol. The molecule has 1 N–H and O–H groups in total. The zero-order valence-corrected chi connectivity index (χ0v) is 17.0. The molecule has 3 aromatic rings. The lowest BCUT2D eigenvalue weighted by atomic mass is 10.2. The maximum atomic E-state index is 12.3. The number of fused-ring (bicyclic) bond motifs is 1. The number of methoxy groups -OCH3 is 1. The number of benzene rings is 1. The Morgan fingerprint density at radius 1 is 1.36 bits per heavy atom. The predicted molar refractivity (Wildman–Crippen MR) is 109 cm³/mol. The molecule has 0 saturated heterocycles. The Morgan fingerprint density at radius 3 is 2.93 bits per heavy atom. The maximum absolute atomic E-state index is 12.3. The number of likely N-dealkylation sites (N-methyl/N-ethyl adjacent to an activating group) is 1. The number of carbonyl (C=O) groups excluding carboxylic acids is 1. The fraction of sp³-hybridized carbons (Fsp3) is 0.368. The van der Waals surface area contributed by atoms with Crippen molar-refractivity contribution in [1.29, 1.82) is 0 Å². The molecule has 1 amide bonds. The Kier molecular flexibility index (Phi) is 6.25. The minimum atomic E-state index is -0.202. The topological polar surface area (TPSA) is 88.8 Å². The smallest absolute Gasteiger partial charge is 0.275 e. The molecule has 0 aliphatic heterocycles. The Bertz CT molecular complexity index is 1030. The van der Waals surface area contributed by atoms with Gasteiger partial charge in [-0.1, -0.05) is 36.8 Å². The molecule has 0 atom stereocenters. The average molecular weight is 401 g/mol. The predicted octanol–water partition coefficient (Wildman–Crippen LogP) is 1.86. The summed E-state index contributed by atoms with van der Waals surface area (Å²) in [4.78, 5) is 31.2. The van der Waals surface area contributed by atoms with Gasteiger partial charge in [0.25, 0.3) is 5.56 Å². The van der Waals surface area contributed by atoms with Gasteiger partial charge in [-0.2, -0.15) is 4.52 Å². The summed E-state index contributed by atoms with van der Waals surface area (Å²) in [6.45, 7) is 2.57. The number of aromatic nitrogens is 3. The highest BCUT2D eigenvalue weighted by molar-refractivity contribution is 7.20. The highest BCUT2D eigenvalue weighted by Crippen LogP contribution is 2.20. The van der Waals surface area contributed by atoms with Gasteiger partial charge in [0.1, 0.15) is 5.75 Å². The second kappa shape index (κ2) is 8.83. The van der Waals surface area contributed by atoms with Crippen LogP contribution in [0.3, 0.4) is 0 Å². The van der Waals surface area contributed by atoms with Crippen molar-refractivity contribution in [2.45, 2.75) is 26.3 Å². The number of hydrogen-bond acceptors (Lipinski definition) is 7. The summed E-state index contributed by atoms with van der Waals surface area (Å²) in [5.41, 5.74) is 1.52. The van der Waals surface area contributed by atoms with Gasteiger partial charge in [0.2, 0.25) is 16.0 Å². The van der Waals surface area contributed by atoms with Gasteiger partial charge in [0.05, 0.1) is 13.7 Å². The Balaban J connectivity index is 1.65. The first-order valence-corrected chi connectivity index (χ1v) is 9.82. The van der Waals surface area contributed by atoms with E-state index in [4.69, 9.17) is 4.74 Å². The van der Waals surface area contributed by atoms with Gasteiger partial charge in [-0.25, -0.2) is 4.98 Å². The Labute approximate surface area is 166 Å². The molecule has 8 nitrogen and oxygen atoms in total. The highest BCUT2D eigenvalue weighted by atomic mass is 32.1. The minimum absolute atomic E-state index is 0.125. The van der Waals surface area contributed by atoms with Gasteiger partial charge in [0, 0.05) is 25.4 Å². The second-order valence-corrected chi connectivity index (χ2v) is 7.33. The zero-order valence-electron chi connectivity index (χ0n) is 16.1. The summed E-state index contributed by atoms with van der Waals surface area (Å²) in [5, 5.41) is 7.74. The van der Waals surface area contributed by atoms with E-state index in [0.29, 0.717) is 16.6 Å². The van der Waals surface area contributed by atoms with Crippen LogP contribution in [0.5, 0.6) is 5.75 Å². The molecule has 9 heteroatoms. The van der Waals surface area contributed by atoms with Crippen molar-refractivity contribution in [2.75, 3.05) is 25.6 Å². The fourth-order valence-electron chi connectivity index (χ4n) is 2.71. The first kappa shape index (κ1) is 19.8. The Hall–Kier alpha value is -2.94. The Morgan fingerprint density at radius 2 is 2.18 bits per heavy atom. The number of nitrogens with zero attached hydrogens (tertiary/aromatic N) is 4. The van der Waals surface area contributed by atoms with E-state index in [1.54, 1.807) is 19.1 Å². The molecule has 0 saturated carbocycles. The van der Waals surface area contributed by atoms with Crippen molar-refractivity contribution in [3.63, 3.8) is 0 Å². The van der Waals surface area contributed by atoms with E-state index in [-0.39, 0.29) is 18.0 Å². The molecule has 0 aliphatic carbocycles. The molecule has 2 aromatic heterocycles. The van der Waals surface area contributed by atoms with Crippen molar-refractivity contribution >= 4 is 27.3 Å². The molecule has 0 spiro atoms. The molecular formula is C19H23N5O3S. The van der Waals surface area contributed by atoms with E-state index in [0.717, 1.165) is 29.8 Å². The molecule has 2 heterocycles. The number of hydrogen-bond donors (Lipinski definition) is 1. The van der Waals surface area contributed by atoms with Gasteiger partial charge in [-0.3, -0.25) is 9.59 Å². The van der Waals surface area contributed by atoms with Crippen molar-refractivity contribution in [2.24, 2.45) is 0 Å². The summed E-state index contributed by atoms with van der Waals surface area (Å²) in [6.07, 6.45) is 1.67. The molecule has 1 aromatic carbocycles. The fourth-order valence-corrected chi connectivity index (χ4v) is 3.59. The lowest BCUT2D eigenvalue weighted by Crippen LogP contribution is -2.34. The molecule has 0 radical (unpaired) electrons. The van der Waals surface area contributed by atoms with Gasteiger partial charge in [-0.15, -0.1) is 5.10 Å². The van der Waals surface area contributed by atoms with Crippen LogP contribution in [0.1, 0.15) is 24.6 Å². The van der Waals surface area contributed by atoms with E-state index in [1.165, 1.54) is 21.9 Å². The summed E-state index contributed by atoms with van der Waals surface area (Å²) in [7, 11) is 3.37. The molecule has 0 aliphatic rings.